The average Bonchev–Trinajstić information content (AvgIpc) is 2.91. The predicted octanol–water partition coefficient (Wildman–Crippen LogP) is 2.04. The Labute approximate surface area is 86.6 Å². The van der Waals surface area contributed by atoms with Gasteiger partial charge in [-0.05, 0) is 44.6 Å². The molecule has 14 heavy (non-hydrogen) atoms. The number of epoxide rings is 1. The third kappa shape index (κ3) is 1.82. The molecule has 0 aromatic carbocycles. The number of likely N-dealkylation sites (tertiary alicyclic amines) is 1. The molecular formula is C12H21NO. The van der Waals surface area contributed by atoms with Crippen LogP contribution < -0.4 is 0 Å². The van der Waals surface area contributed by atoms with Gasteiger partial charge >= 0.3 is 0 Å². The molecule has 0 spiro atoms. The van der Waals surface area contributed by atoms with E-state index in [2.05, 4.69) is 4.90 Å². The molecule has 3 fully saturated rings. The topological polar surface area (TPSA) is 15.8 Å². The molecule has 3 atom stereocenters. The van der Waals surface area contributed by atoms with E-state index in [1.807, 2.05) is 0 Å². The lowest BCUT2D eigenvalue weighted by atomic mass is 9.92. The zero-order valence-corrected chi connectivity index (χ0v) is 8.95. The Hall–Kier alpha value is -0.0800. The summed E-state index contributed by atoms with van der Waals surface area (Å²) < 4.78 is 5.28. The van der Waals surface area contributed by atoms with E-state index in [1.54, 1.807) is 0 Å². The first-order valence-corrected chi connectivity index (χ1v) is 6.29. The van der Waals surface area contributed by atoms with Gasteiger partial charge in [-0.15, -0.1) is 0 Å². The third-order valence-electron chi connectivity index (χ3n) is 4.25. The normalized spacial score (nSPS) is 42.4. The van der Waals surface area contributed by atoms with Crippen molar-refractivity contribution in [2.45, 2.75) is 50.7 Å². The van der Waals surface area contributed by atoms with Crippen molar-refractivity contribution in [1.82, 2.24) is 4.90 Å². The molecule has 0 aromatic heterocycles. The van der Waals surface area contributed by atoms with Crippen molar-refractivity contribution in [3.8, 4) is 0 Å². The monoisotopic (exact) mass is 195 g/mol. The summed E-state index contributed by atoms with van der Waals surface area (Å²) in [5, 5.41) is 0. The van der Waals surface area contributed by atoms with E-state index in [1.165, 1.54) is 51.6 Å². The molecule has 0 aromatic rings. The molecule has 0 bridgehead atoms. The maximum atomic E-state index is 5.28. The van der Waals surface area contributed by atoms with E-state index < -0.39 is 0 Å². The fourth-order valence-corrected chi connectivity index (χ4v) is 3.38. The van der Waals surface area contributed by atoms with Crippen molar-refractivity contribution in [3.05, 3.63) is 0 Å². The van der Waals surface area contributed by atoms with E-state index in [-0.39, 0.29) is 0 Å². The molecule has 0 N–H and O–H groups in total. The van der Waals surface area contributed by atoms with E-state index >= 15 is 0 Å². The van der Waals surface area contributed by atoms with Crippen LogP contribution in [0.4, 0.5) is 0 Å². The van der Waals surface area contributed by atoms with Crippen molar-refractivity contribution in [2.75, 3.05) is 19.7 Å². The zero-order chi connectivity index (χ0) is 9.38. The van der Waals surface area contributed by atoms with Crippen LogP contribution in [0.15, 0.2) is 0 Å². The average molecular weight is 195 g/mol. The zero-order valence-electron chi connectivity index (χ0n) is 8.95. The highest BCUT2D eigenvalue weighted by Crippen LogP contribution is 2.36. The smallest absolute Gasteiger partial charge is 0.0822 e. The second kappa shape index (κ2) is 3.82. The summed E-state index contributed by atoms with van der Waals surface area (Å²) in [6, 6.07) is 0.947. The number of hydrogen-bond donors (Lipinski definition) is 0. The summed E-state index contributed by atoms with van der Waals surface area (Å²) in [6.45, 7) is 3.68. The van der Waals surface area contributed by atoms with Crippen molar-refractivity contribution in [1.29, 1.82) is 0 Å². The Morgan fingerprint density at radius 3 is 2.86 bits per heavy atom. The van der Waals surface area contributed by atoms with Gasteiger partial charge in [0.15, 0.2) is 0 Å². The lowest BCUT2D eigenvalue weighted by Crippen LogP contribution is -2.43. The van der Waals surface area contributed by atoms with Gasteiger partial charge in [0.2, 0.25) is 0 Å². The third-order valence-corrected chi connectivity index (χ3v) is 4.25. The van der Waals surface area contributed by atoms with Crippen LogP contribution in [-0.4, -0.2) is 36.7 Å². The second-order valence-electron chi connectivity index (χ2n) is 5.18. The highest BCUT2D eigenvalue weighted by Gasteiger charge is 2.35. The minimum atomic E-state index is 0.622. The van der Waals surface area contributed by atoms with Gasteiger partial charge in [-0.3, -0.25) is 0 Å². The van der Waals surface area contributed by atoms with Crippen LogP contribution in [0, 0.1) is 5.92 Å². The Kier molecular flexibility index (Phi) is 2.50. The molecule has 80 valence electrons. The van der Waals surface area contributed by atoms with E-state index in [9.17, 15) is 0 Å². The molecule has 2 saturated heterocycles. The van der Waals surface area contributed by atoms with Crippen molar-refractivity contribution in [2.24, 2.45) is 5.92 Å². The molecule has 1 saturated carbocycles. The fraction of sp³-hybridized carbons (Fsp3) is 1.00. The minimum absolute atomic E-state index is 0.622. The van der Waals surface area contributed by atoms with Crippen LogP contribution in [-0.2, 0) is 4.74 Å². The van der Waals surface area contributed by atoms with E-state index in [0.29, 0.717) is 6.10 Å². The second-order valence-corrected chi connectivity index (χ2v) is 5.18. The Bertz CT molecular complexity index is 202. The standard InChI is InChI=1S/C12H21NO/c1-3-10-4-2-7-13(12(10)5-1)8-6-11-9-14-11/h10-12H,1-9H2. The minimum Gasteiger partial charge on any atom is -0.373 e. The quantitative estimate of drug-likeness (QED) is 0.640. The van der Waals surface area contributed by atoms with Crippen molar-refractivity contribution >= 4 is 0 Å². The summed E-state index contributed by atoms with van der Waals surface area (Å²) in [5.74, 6) is 1.05. The summed E-state index contributed by atoms with van der Waals surface area (Å²) in [6.07, 6.45) is 9.29. The summed E-state index contributed by atoms with van der Waals surface area (Å²) in [7, 11) is 0. The molecule has 2 heterocycles. The first-order valence-electron chi connectivity index (χ1n) is 6.29. The number of piperidine rings is 1. The first-order chi connectivity index (χ1) is 6.93. The number of fused-ring (bicyclic) bond motifs is 1. The molecule has 0 amide bonds. The number of hydrogen-bond acceptors (Lipinski definition) is 2. The van der Waals surface area contributed by atoms with Gasteiger partial charge in [0.05, 0.1) is 12.7 Å². The van der Waals surface area contributed by atoms with Gasteiger partial charge < -0.3 is 9.64 Å². The molecule has 2 heteroatoms. The SMILES string of the molecule is C1CC2CCCN(CCC3CO3)C2C1. The Morgan fingerprint density at radius 2 is 2.00 bits per heavy atom. The summed E-state index contributed by atoms with van der Waals surface area (Å²) >= 11 is 0. The number of nitrogens with zero attached hydrogens (tertiary/aromatic N) is 1. The lowest BCUT2D eigenvalue weighted by molar-refractivity contribution is 0.109. The highest BCUT2D eigenvalue weighted by molar-refractivity contribution is 4.89. The van der Waals surface area contributed by atoms with Crippen LogP contribution in [0.3, 0.4) is 0 Å². The molecule has 3 aliphatic rings. The molecule has 1 aliphatic carbocycles. The molecule has 0 radical (unpaired) electrons. The first kappa shape index (κ1) is 9.17. The Balaban J connectivity index is 1.54. The van der Waals surface area contributed by atoms with Gasteiger partial charge in [-0.2, -0.15) is 0 Å². The highest BCUT2D eigenvalue weighted by atomic mass is 16.6. The summed E-state index contributed by atoms with van der Waals surface area (Å²) in [4.78, 5) is 2.75. The van der Waals surface area contributed by atoms with Gasteiger partial charge in [0, 0.05) is 12.6 Å². The maximum absolute atomic E-state index is 5.28. The summed E-state index contributed by atoms with van der Waals surface area (Å²) in [5.41, 5.74) is 0. The van der Waals surface area contributed by atoms with Gasteiger partial charge in [0.25, 0.3) is 0 Å². The number of rotatable bonds is 3. The fourth-order valence-electron chi connectivity index (χ4n) is 3.38. The largest absolute Gasteiger partial charge is 0.373 e. The molecular weight excluding hydrogens is 174 g/mol. The van der Waals surface area contributed by atoms with Crippen molar-refractivity contribution < 1.29 is 4.74 Å². The van der Waals surface area contributed by atoms with Gasteiger partial charge in [0.1, 0.15) is 0 Å². The molecule has 2 aliphatic heterocycles. The lowest BCUT2D eigenvalue weighted by Gasteiger charge is -2.37. The van der Waals surface area contributed by atoms with Crippen LogP contribution >= 0.6 is 0 Å². The van der Waals surface area contributed by atoms with E-state index in [4.69, 9.17) is 4.74 Å². The molecule has 3 unspecified atom stereocenters. The Morgan fingerprint density at radius 1 is 1.14 bits per heavy atom. The van der Waals surface area contributed by atoms with Crippen LogP contribution in [0.1, 0.15) is 38.5 Å². The molecule has 3 rings (SSSR count). The van der Waals surface area contributed by atoms with E-state index in [0.717, 1.165) is 18.6 Å². The van der Waals surface area contributed by atoms with Crippen LogP contribution in [0.2, 0.25) is 0 Å². The van der Waals surface area contributed by atoms with Gasteiger partial charge in [-0.25, -0.2) is 0 Å². The molecule has 2 nitrogen and oxygen atoms in total. The van der Waals surface area contributed by atoms with Crippen molar-refractivity contribution in [3.63, 3.8) is 0 Å². The van der Waals surface area contributed by atoms with Crippen LogP contribution in [0.5, 0.6) is 0 Å². The van der Waals surface area contributed by atoms with Crippen LogP contribution in [0.25, 0.3) is 0 Å². The van der Waals surface area contributed by atoms with Gasteiger partial charge in [-0.1, -0.05) is 6.42 Å². The maximum Gasteiger partial charge on any atom is 0.0822 e. The predicted molar refractivity (Wildman–Crippen MR) is 56.3 cm³/mol. The number of ether oxygens (including phenoxy) is 1.